The van der Waals surface area contributed by atoms with Gasteiger partial charge in [0.25, 0.3) is 0 Å². The molecule has 1 saturated carbocycles. The minimum absolute atomic E-state index is 0.120. The maximum absolute atomic E-state index is 12.8. The van der Waals surface area contributed by atoms with E-state index in [1.54, 1.807) is 0 Å². The SMILES string of the molecule is CC(C)n1nc(-c2ccc(C(F)(F)F)nc2)nc1C1CCC(N2CCCOCC2)C1. The minimum atomic E-state index is -4.45. The zero-order chi connectivity index (χ0) is 21.3. The molecule has 0 radical (unpaired) electrons. The van der Waals surface area contributed by atoms with Gasteiger partial charge in [0.15, 0.2) is 5.82 Å². The van der Waals surface area contributed by atoms with E-state index in [0.717, 1.165) is 63.9 Å². The standard InChI is InChI=1S/C21H28F3N5O/c1-14(2)29-20(15-4-6-17(12-15)28-8-3-10-30-11-9-28)26-19(27-29)16-5-7-18(25-13-16)21(22,23)24/h5,7,13-15,17H,3-4,6,8-12H2,1-2H3. The Kier molecular flexibility index (Phi) is 6.11. The van der Waals surface area contributed by atoms with Gasteiger partial charge in [0, 0.05) is 49.5 Å². The molecule has 2 atom stereocenters. The van der Waals surface area contributed by atoms with Crippen LogP contribution in [0, 0.1) is 0 Å². The van der Waals surface area contributed by atoms with E-state index in [2.05, 4.69) is 15.0 Å². The van der Waals surface area contributed by atoms with E-state index in [1.807, 2.05) is 18.5 Å². The average Bonchev–Trinajstić information content (AvgIpc) is 3.28. The van der Waals surface area contributed by atoms with E-state index in [-0.39, 0.29) is 6.04 Å². The second-order valence-corrected chi connectivity index (χ2v) is 8.43. The van der Waals surface area contributed by atoms with Crippen LogP contribution in [0.3, 0.4) is 0 Å². The first-order valence-electron chi connectivity index (χ1n) is 10.6. The summed E-state index contributed by atoms with van der Waals surface area (Å²) in [4.78, 5) is 10.8. The van der Waals surface area contributed by atoms with Gasteiger partial charge in [0.1, 0.15) is 11.5 Å². The Bertz CT molecular complexity index is 841. The van der Waals surface area contributed by atoms with Gasteiger partial charge in [0.2, 0.25) is 0 Å². The van der Waals surface area contributed by atoms with Crippen molar-refractivity contribution in [2.75, 3.05) is 26.3 Å². The Hall–Kier alpha value is -2.00. The summed E-state index contributed by atoms with van der Waals surface area (Å²) in [5, 5.41) is 4.62. The van der Waals surface area contributed by atoms with Crippen LogP contribution in [0.4, 0.5) is 13.2 Å². The lowest BCUT2D eigenvalue weighted by atomic mass is 10.1. The van der Waals surface area contributed by atoms with Crippen molar-refractivity contribution < 1.29 is 17.9 Å². The number of rotatable bonds is 4. The summed E-state index contributed by atoms with van der Waals surface area (Å²) < 4.78 is 45.9. The minimum Gasteiger partial charge on any atom is -0.380 e. The van der Waals surface area contributed by atoms with Crippen LogP contribution in [0.1, 0.15) is 63.0 Å². The lowest BCUT2D eigenvalue weighted by Crippen LogP contribution is -2.35. The molecule has 2 aromatic heterocycles. The molecule has 9 heteroatoms. The first kappa shape index (κ1) is 21.2. The van der Waals surface area contributed by atoms with Crippen molar-refractivity contribution in [3.05, 3.63) is 29.8 Å². The monoisotopic (exact) mass is 423 g/mol. The zero-order valence-electron chi connectivity index (χ0n) is 17.4. The predicted octanol–water partition coefficient (Wildman–Crippen LogP) is 4.30. The molecule has 2 aliphatic rings. The molecule has 30 heavy (non-hydrogen) atoms. The Labute approximate surface area is 174 Å². The Morgan fingerprint density at radius 3 is 2.67 bits per heavy atom. The molecule has 164 valence electrons. The van der Waals surface area contributed by atoms with Gasteiger partial charge in [-0.25, -0.2) is 9.67 Å². The summed E-state index contributed by atoms with van der Waals surface area (Å²) in [6.45, 7) is 7.75. The van der Waals surface area contributed by atoms with Crippen molar-refractivity contribution in [3.63, 3.8) is 0 Å². The third-order valence-electron chi connectivity index (χ3n) is 6.00. The maximum Gasteiger partial charge on any atom is 0.433 e. The van der Waals surface area contributed by atoms with Crippen molar-refractivity contribution in [1.29, 1.82) is 0 Å². The molecule has 0 amide bonds. The van der Waals surface area contributed by atoms with Crippen LogP contribution in [0.2, 0.25) is 0 Å². The number of pyridine rings is 1. The number of hydrogen-bond donors (Lipinski definition) is 0. The molecule has 2 aromatic rings. The molecule has 2 fully saturated rings. The Morgan fingerprint density at radius 1 is 1.13 bits per heavy atom. The smallest absolute Gasteiger partial charge is 0.380 e. The number of hydrogen-bond acceptors (Lipinski definition) is 5. The highest BCUT2D eigenvalue weighted by atomic mass is 19.4. The molecule has 0 bridgehead atoms. The molecular formula is C21H28F3N5O. The maximum atomic E-state index is 12.8. The number of nitrogens with zero attached hydrogens (tertiary/aromatic N) is 5. The van der Waals surface area contributed by atoms with Crippen LogP contribution in [-0.4, -0.2) is 57.0 Å². The largest absolute Gasteiger partial charge is 0.433 e. The number of alkyl halides is 3. The summed E-state index contributed by atoms with van der Waals surface area (Å²) >= 11 is 0. The topological polar surface area (TPSA) is 56.1 Å². The van der Waals surface area contributed by atoms with E-state index in [0.29, 0.717) is 23.3 Å². The van der Waals surface area contributed by atoms with E-state index in [1.165, 1.54) is 12.3 Å². The highest BCUT2D eigenvalue weighted by molar-refractivity contribution is 5.53. The third kappa shape index (κ3) is 4.51. The number of ether oxygens (including phenoxy) is 1. The fourth-order valence-corrected chi connectivity index (χ4v) is 4.46. The van der Waals surface area contributed by atoms with Gasteiger partial charge in [-0.2, -0.15) is 18.3 Å². The normalized spacial score (nSPS) is 23.8. The molecule has 2 unspecified atom stereocenters. The van der Waals surface area contributed by atoms with Crippen LogP contribution < -0.4 is 0 Å². The van der Waals surface area contributed by atoms with Gasteiger partial charge >= 0.3 is 6.18 Å². The second-order valence-electron chi connectivity index (χ2n) is 8.43. The molecule has 4 rings (SSSR count). The average molecular weight is 423 g/mol. The number of halogens is 3. The fourth-order valence-electron chi connectivity index (χ4n) is 4.46. The summed E-state index contributed by atoms with van der Waals surface area (Å²) in [6.07, 6.45) is 1.00. The first-order valence-corrected chi connectivity index (χ1v) is 10.6. The molecule has 0 N–H and O–H groups in total. The lowest BCUT2D eigenvalue weighted by Gasteiger charge is -2.26. The summed E-state index contributed by atoms with van der Waals surface area (Å²) in [5.41, 5.74) is -0.405. The van der Waals surface area contributed by atoms with Crippen LogP contribution in [0.15, 0.2) is 18.3 Å². The van der Waals surface area contributed by atoms with Gasteiger partial charge < -0.3 is 4.74 Å². The quantitative estimate of drug-likeness (QED) is 0.734. The van der Waals surface area contributed by atoms with Crippen molar-refractivity contribution >= 4 is 0 Å². The second kappa shape index (κ2) is 8.63. The lowest BCUT2D eigenvalue weighted by molar-refractivity contribution is -0.141. The molecule has 6 nitrogen and oxygen atoms in total. The summed E-state index contributed by atoms with van der Waals surface area (Å²) in [6, 6.07) is 3.02. The Balaban J connectivity index is 1.54. The van der Waals surface area contributed by atoms with Crippen molar-refractivity contribution in [3.8, 4) is 11.4 Å². The first-order chi connectivity index (χ1) is 14.3. The van der Waals surface area contributed by atoms with E-state index in [9.17, 15) is 13.2 Å². The van der Waals surface area contributed by atoms with Gasteiger partial charge in [0.05, 0.1) is 6.61 Å². The van der Waals surface area contributed by atoms with Crippen molar-refractivity contribution in [2.45, 2.75) is 63.7 Å². The highest BCUT2D eigenvalue weighted by Crippen LogP contribution is 2.38. The molecular weight excluding hydrogens is 395 g/mol. The predicted molar refractivity (Wildman–Crippen MR) is 106 cm³/mol. The Morgan fingerprint density at radius 2 is 1.97 bits per heavy atom. The van der Waals surface area contributed by atoms with Gasteiger partial charge in [-0.1, -0.05) is 0 Å². The van der Waals surface area contributed by atoms with E-state index >= 15 is 0 Å². The van der Waals surface area contributed by atoms with Crippen molar-refractivity contribution in [2.24, 2.45) is 0 Å². The molecule has 1 aliphatic heterocycles. The molecule has 0 spiro atoms. The number of aromatic nitrogens is 4. The summed E-state index contributed by atoms with van der Waals surface area (Å²) in [7, 11) is 0. The molecule has 1 saturated heterocycles. The van der Waals surface area contributed by atoms with Crippen LogP contribution in [0.5, 0.6) is 0 Å². The molecule has 0 aromatic carbocycles. The van der Waals surface area contributed by atoms with Crippen molar-refractivity contribution in [1.82, 2.24) is 24.6 Å². The van der Waals surface area contributed by atoms with Crippen LogP contribution in [-0.2, 0) is 10.9 Å². The zero-order valence-corrected chi connectivity index (χ0v) is 17.4. The van der Waals surface area contributed by atoms with Gasteiger partial charge in [-0.3, -0.25) is 9.88 Å². The van der Waals surface area contributed by atoms with Gasteiger partial charge in [-0.15, -0.1) is 0 Å². The fraction of sp³-hybridized carbons (Fsp3) is 0.667. The highest BCUT2D eigenvalue weighted by Gasteiger charge is 2.35. The molecule has 1 aliphatic carbocycles. The summed E-state index contributed by atoms with van der Waals surface area (Å²) in [5.74, 6) is 1.66. The van der Waals surface area contributed by atoms with E-state index in [4.69, 9.17) is 9.72 Å². The van der Waals surface area contributed by atoms with Crippen LogP contribution in [0.25, 0.3) is 11.4 Å². The van der Waals surface area contributed by atoms with Gasteiger partial charge in [-0.05, 0) is 51.7 Å². The van der Waals surface area contributed by atoms with Crippen LogP contribution >= 0.6 is 0 Å². The van der Waals surface area contributed by atoms with E-state index < -0.39 is 11.9 Å². The third-order valence-corrected chi connectivity index (χ3v) is 6.00. The molecule has 3 heterocycles.